The molecule has 2 aliphatic heterocycles. The van der Waals surface area contributed by atoms with Crippen molar-refractivity contribution in [3.05, 3.63) is 35.4 Å². The van der Waals surface area contributed by atoms with E-state index < -0.39 is 30.0 Å². The molecule has 5 nitrogen and oxygen atoms in total. The summed E-state index contributed by atoms with van der Waals surface area (Å²) in [5, 5.41) is 2.54. The van der Waals surface area contributed by atoms with Gasteiger partial charge in [0.1, 0.15) is 0 Å². The van der Waals surface area contributed by atoms with E-state index in [1.165, 1.54) is 12.1 Å². The Morgan fingerprint density at radius 3 is 2.83 bits per heavy atom. The highest BCUT2D eigenvalue weighted by Crippen LogP contribution is 2.33. The van der Waals surface area contributed by atoms with Gasteiger partial charge in [-0.3, -0.25) is 0 Å². The number of carbonyl (C=O) groups excluding carboxylic acids is 1. The van der Waals surface area contributed by atoms with Crippen molar-refractivity contribution in [1.82, 2.24) is 5.32 Å². The molecule has 1 amide bonds. The Balaban J connectivity index is 1.69. The van der Waals surface area contributed by atoms with Gasteiger partial charge in [-0.25, -0.2) is 4.79 Å². The van der Waals surface area contributed by atoms with Crippen LogP contribution in [0.4, 0.5) is 18.0 Å². The molecule has 0 aromatic heterocycles. The molecule has 1 unspecified atom stereocenters. The van der Waals surface area contributed by atoms with Crippen molar-refractivity contribution in [2.45, 2.75) is 43.9 Å². The highest BCUT2D eigenvalue weighted by atomic mass is 19.4. The van der Waals surface area contributed by atoms with Crippen LogP contribution in [0.5, 0.6) is 0 Å². The number of rotatable bonds is 4. The van der Waals surface area contributed by atoms with Gasteiger partial charge in [0.25, 0.3) is 0 Å². The van der Waals surface area contributed by atoms with Crippen LogP contribution >= 0.6 is 0 Å². The van der Waals surface area contributed by atoms with Gasteiger partial charge in [0.05, 0.1) is 18.2 Å². The van der Waals surface area contributed by atoms with Crippen LogP contribution < -0.4 is 5.32 Å². The molecule has 8 heteroatoms. The van der Waals surface area contributed by atoms with E-state index in [4.69, 9.17) is 14.2 Å². The number of halogens is 3. The van der Waals surface area contributed by atoms with Crippen LogP contribution in [0.15, 0.2) is 24.3 Å². The summed E-state index contributed by atoms with van der Waals surface area (Å²) in [5.41, 5.74) is -0.440. The number of cyclic esters (lactones) is 1. The number of hydrogen-bond donors (Lipinski definition) is 1. The third-order valence-corrected chi connectivity index (χ3v) is 4.06. The second-order valence-electron chi connectivity index (χ2n) is 5.82. The van der Waals surface area contributed by atoms with Crippen LogP contribution in [0, 0.1) is 0 Å². The number of amides is 1. The third-order valence-electron chi connectivity index (χ3n) is 4.06. The minimum Gasteiger partial charge on any atom is -0.441 e. The first kappa shape index (κ1) is 17.0. The van der Waals surface area contributed by atoms with E-state index >= 15 is 0 Å². The van der Waals surface area contributed by atoms with Gasteiger partial charge in [-0.05, 0) is 37.0 Å². The van der Waals surface area contributed by atoms with E-state index in [-0.39, 0.29) is 12.9 Å². The van der Waals surface area contributed by atoms with Gasteiger partial charge in [0, 0.05) is 6.61 Å². The molecule has 2 saturated heterocycles. The van der Waals surface area contributed by atoms with Gasteiger partial charge in [-0.15, -0.1) is 0 Å². The minimum absolute atomic E-state index is 0.0598. The zero-order valence-corrected chi connectivity index (χ0v) is 12.8. The first-order chi connectivity index (χ1) is 11.4. The summed E-state index contributed by atoms with van der Waals surface area (Å²) in [7, 11) is 0. The van der Waals surface area contributed by atoms with Crippen LogP contribution in [-0.2, 0) is 20.4 Å². The average Bonchev–Trinajstić information content (AvgIpc) is 2.94. The van der Waals surface area contributed by atoms with E-state index in [1.807, 2.05) is 0 Å². The Bertz CT molecular complexity index is 587. The highest BCUT2D eigenvalue weighted by Gasteiger charge is 2.38. The normalized spacial score (nSPS) is 27.6. The van der Waals surface area contributed by atoms with Crippen molar-refractivity contribution in [3.8, 4) is 0 Å². The first-order valence-corrected chi connectivity index (χ1v) is 7.81. The Labute approximate surface area is 137 Å². The molecular weight excluding hydrogens is 327 g/mol. The van der Waals surface area contributed by atoms with Crippen LogP contribution in [0.2, 0.25) is 0 Å². The fraction of sp³-hybridized carbons (Fsp3) is 0.562. The fourth-order valence-corrected chi connectivity index (χ4v) is 2.84. The maximum absolute atomic E-state index is 12.9. The van der Waals surface area contributed by atoms with E-state index in [0.717, 1.165) is 31.4 Å². The molecule has 0 spiro atoms. The molecule has 0 bridgehead atoms. The minimum atomic E-state index is -4.44. The predicted octanol–water partition coefficient (Wildman–Crippen LogP) is 3.40. The maximum Gasteiger partial charge on any atom is 0.416 e. The highest BCUT2D eigenvalue weighted by molar-refractivity contribution is 5.70. The van der Waals surface area contributed by atoms with E-state index in [0.29, 0.717) is 12.2 Å². The van der Waals surface area contributed by atoms with Crippen LogP contribution in [-0.4, -0.2) is 31.7 Å². The van der Waals surface area contributed by atoms with Gasteiger partial charge in [-0.2, -0.15) is 13.2 Å². The summed E-state index contributed by atoms with van der Waals surface area (Å²) in [6.45, 7) is 0.675. The smallest absolute Gasteiger partial charge is 0.416 e. The van der Waals surface area contributed by atoms with Gasteiger partial charge in [0.15, 0.2) is 12.4 Å². The number of nitrogens with one attached hydrogen (secondary N) is 1. The Morgan fingerprint density at radius 2 is 2.12 bits per heavy atom. The molecule has 0 aliphatic carbocycles. The van der Waals surface area contributed by atoms with Gasteiger partial charge < -0.3 is 19.5 Å². The SMILES string of the molecule is O=C1N[C@@H](c2cccc(C(F)(F)F)c2)[C@H](COC2CCCCO2)O1. The number of hydrogen-bond acceptors (Lipinski definition) is 4. The van der Waals surface area contributed by atoms with Crippen LogP contribution in [0.25, 0.3) is 0 Å². The molecule has 0 saturated carbocycles. The van der Waals surface area contributed by atoms with E-state index in [9.17, 15) is 18.0 Å². The Morgan fingerprint density at radius 1 is 1.29 bits per heavy atom. The predicted molar refractivity (Wildman–Crippen MR) is 77.1 cm³/mol. The average molecular weight is 345 g/mol. The molecule has 2 aliphatic rings. The standard InChI is InChI=1S/C16H18F3NO4/c17-16(18,19)11-5-3-4-10(8-11)14-12(24-15(21)20-14)9-23-13-6-1-2-7-22-13/h3-5,8,12-14H,1-2,6-7,9H2,(H,20,21)/t12-,13?,14-/m0/s1. The number of ether oxygens (including phenoxy) is 3. The van der Waals surface area contributed by atoms with Gasteiger partial charge in [-0.1, -0.05) is 12.1 Å². The lowest BCUT2D eigenvalue weighted by molar-refractivity contribution is -0.174. The molecule has 1 N–H and O–H groups in total. The molecule has 2 heterocycles. The Hall–Kier alpha value is -1.80. The second-order valence-corrected chi connectivity index (χ2v) is 5.82. The topological polar surface area (TPSA) is 56.8 Å². The van der Waals surface area contributed by atoms with Gasteiger partial charge >= 0.3 is 12.3 Å². The molecule has 3 atom stereocenters. The number of carbonyl (C=O) groups is 1. The molecule has 1 aromatic rings. The van der Waals surface area contributed by atoms with Crippen LogP contribution in [0.3, 0.4) is 0 Å². The lowest BCUT2D eigenvalue weighted by Crippen LogP contribution is -2.31. The second kappa shape index (κ2) is 6.98. The van der Waals surface area contributed by atoms with E-state index in [2.05, 4.69) is 5.32 Å². The molecule has 1 aromatic carbocycles. The van der Waals surface area contributed by atoms with Crippen molar-refractivity contribution in [2.75, 3.05) is 13.2 Å². The fourth-order valence-electron chi connectivity index (χ4n) is 2.84. The zero-order chi connectivity index (χ0) is 17.2. The third kappa shape index (κ3) is 3.99. The maximum atomic E-state index is 12.9. The zero-order valence-electron chi connectivity index (χ0n) is 12.8. The molecule has 0 radical (unpaired) electrons. The van der Waals surface area contributed by atoms with Crippen molar-refractivity contribution in [2.24, 2.45) is 0 Å². The van der Waals surface area contributed by atoms with Crippen LogP contribution in [0.1, 0.15) is 36.4 Å². The number of alkyl halides is 3. The molecular formula is C16H18F3NO4. The molecule has 132 valence electrons. The largest absolute Gasteiger partial charge is 0.441 e. The van der Waals surface area contributed by atoms with Crippen molar-refractivity contribution in [3.63, 3.8) is 0 Å². The quantitative estimate of drug-likeness (QED) is 0.909. The summed E-state index contributed by atoms with van der Waals surface area (Å²) in [6.07, 6.45) is -3.46. The lowest BCUT2D eigenvalue weighted by Gasteiger charge is -2.25. The monoisotopic (exact) mass is 345 g/mol. The summed E-state index contributed by atoms with van der Waals surface area (Å²) in [6, 6.07) is 4.15. The molecule has 24 heavy (non-hydrogen) atoms. The summed E-state index contributed by atoms with van der Waals surface area (Å²) >= 11 is 0. The molecule has 3 rings (SSSR count). The summed E-state index contributed by atoms with van der Waals surface area (Å²) in [5.74, 6) is 0. The number of alkyl carbamates (subject to hydrolysis) is 1. The van der Waals surface area contributed by atoms with Crippen molar-refractivity contribution >= 4 is 6.09 Å². The summed E-state index contributed by atoms with van der Waals surface area (Å²) < 4.78 is 54.8. The number of benzene rings is 1. The molecule has 2 fully saturated rings. The summed E-state index contributed by atoms with van der Waals surface area (Å²) in [4.78, 5) is 11.5. The lowest BCUT2D eigenvalue weighted by atomic mass is 10.00. The Kier molecular flexibility index (Phi) is 4.96. The van der Waals surface area contributed by atoms with Crippen molar-refractivity contribution < 1.29 is 32.2 Å². The van der Waals surface area contributed by atoms with E-state index in [1.54, 1.807) is 0 Å². The van der Waals surface area contributed by atoms with Gasteiger partial charge in [0.2, 0.25) is 0 Å². The first-order valence-electron chi connectivity index (χ1n) is 7.81. The van der Waals surface area contributed by atoms with Crippen molar-refractivity contribution in [1.29, 1.82) is 0 Å².